The summed E-state index contributed by atoms with van der Waals surface area (Å²) in [5, 5.41) is 11.8. The number of hydrogen-bond donors (Lipinski definition) is 1. The monoisotopic (exact) mass is 500 g/mol. The fraction of sp³-hybridized carbons (Fsp3) is 0.0645. The molecule has 0 fully saturated rings. The van der Waals surface area contributed by atoms with Gasteiger partial charge >= 0.3 is 5.97 Å². The van der Waals surface area contributed by atoms with Crippen LogP contribution in [0.25, 0.3) is 11.1 Å². The van der Waals surface area contributed by atoms with Gasteiger partial charge in [-0.3, -0.25) is 14.4 Å². The molecule has 1 N–H and O–H groups in total. The van der Waals surface area contributed by atoms with Gasteiger partial charge in [-0.1, -0.05) is 84.9 Å². The van der Waals surface area contributed by atoms with E-state index in [1.54, 1.807) is 60.7 Å². The van der Waals surface area contributed by atoms with E-state index in [4.69, 9.17) is 4.74 Å². The van der Waals surface area contributed by atoms with Crippen LogP contribution in [0.1, 0.15) is 37.9 Å². The zero-order valence-corrected chi connectivity index (χ0v) is 20.0. The Kier molecular flexibility index (Phi) is 6.62. The Morgan fingerprint density at radius 3 is 2.18 bits per heavy atom. The normalized spacial score (nSPS) is 14.5. The van der Waals surface area contributed by atoms with E-state index in [-0.39, 0.29) is 22.4 Å². The van der Waals surface area contributed by atoms with Gasteiger partial charge in [-0.2, -0.15) is 5.26 Å². The van der Waals surface area contributed by atoms with E-state index < -0.39 is 35.5 Å². The zero-order chi connectivity index (χ0) is 26.6. The van der Waals surface area contributed by atoms with Crippen LogP contribution in [0, 0.1) is 17.2 Å². The van der Waals surface area contributed by atoms with Crippen LogP contribution in [0.15, 0.2) is 103 Å². The van der Waals surface area contributed by atoms with Crippen LogP contribution in [0.5, 0.6) is 0 Å². The molecule has 2 atom stereocenters. The van der Waals surface area contributed by atoms with E-state index in [9.17, 15) is 24.4 Å². The quantitative estimate of drug-likeness (QED) is 0.163. The number of carbonyl (C=O) groups is 4. The molecular weight excluding hydrogens is 480 g/mol. The number of nitriles is 1. The number of esters is 1. The predicted molar refractivity (Wildman–Crippen MR) is 139 cm³/mol. The third kappa shape index (κ3) is 4.47. The number of Topliss-reactive ketones (excluding diaryl/α,β-unsaturated/α-hetero) is 2. The SMILES string of the molecule is N#Cc1ccccc1NC(=O)C(=O)C(C(=O)c1ccccc1-c1ccccc1)C1OC(=O)c2ccccc21. The summed E-state index contributed by atoms with van der Waals surface area (Å²) in [5.41, 5.74) is 2.41. The fourth-order valence-corrected chi connectivity index (χ4v) is 4.56. The van der Waals surface area contributed by atoms with Gasteiger partial charge in [-0.05, 0) is 29.3 Å². The highest BCUT2D eigenvalue weighted by atomic mass is 16.5. The smallest absolute Gasteiger partial charge is 0.339 e. The molecule has 5 rings (SSSR count). The molecule has 7 nitrogen and oxygen atoms in total. The highest BCUT2D eigenvalue weighted by Gasteiger charge is 2.46. The third-order valence-corrected chi connectivity index (χ3v) is 6.39. The molecule has 0 saturated heterocycles. The first-order chi connectivity index (χ1) is 18.5. The number of fused-ring (bicyclic) bond motifs is 1. The molecule has 184 valence electrons. The Hall–Kier alpha value is -5.35. The summed E-state index contributed by atoms with van der Waals surface area (Å²) in [6.45, 7) is 0. The van der Waals surface area contributed by atoms with Crippen LogP contribution < -0.4 is 5.32 Å². The lowest BCUT2D eigenvalue weighted by Crippen LogP contribution is -2.38. The van der Waals surface area contributed by atoms with Crippen LogP contribution >= 0.6 is 0 Å². The van der Waals surface area contributed by atoms with Crippen LogP contribution in [0.3, 0.4) is 0 Å². The summed E-state index contributed by atoms with van der Waals surface area (Å²) < 4.78 is 5.54. The summed E-state index contributed by atoms with van der Waals surface area (Å²) in [6, 6.07) is 30.6. The number of rotatable bonds is 7. The molecule has 0 aromatic heterocycles. The van der Waals surface area contributed by atoms with Gasteiger partial charge < -0.3 is 10.1 Å². The van der Waals surface area contributed by atoms with Crippen LogP contribution in [-0.4, -0.2) is 23.4 Å². The first-order valence-electron chi connectivity index (χ1n) is 11.8. The average Bonchev–Trinajstić information content (AvgIpc) is 3.29. The number of ether oxygens (including phenoxy) is 1. The highest BCUT2D eigenvalue weighted by Crippen LogP contribution is 2.39. The number of ketones is 2. The number of benzene rings is 4. The maximum Gasteiger partial charge on any atom is 0.339 e. The van der Waals surface area contributed by atoms with Crippen molar-refractivity contribution < 1.29 is 23.9 Å². The lowest BCUT2D eigenvalue weighted by Gasteiger charge is -2.22. The summed E-state index contributed by atoms with van der Waals surface area (Å²) in [6.07, 6.45) is -1.29. The molecule has 1 heterocycles. The Bertz CT molecular complexity index is 1620. The minimum atomic E-state index is -1.65. The van der Waals surface area contributed by atoms with Crippen molar-refractivity contribution in [2.75, 3.05) is 5.32 Å². The molecule has 0 spiro atoms. The summed E-state index contributed by atoms with van der Waals surface area (Å²) in [4.78, 5) is 53.6. The largest absolute Gasteiger partial charge is 0.453 e. The number of cyclic esters (lactones) is 1. The number of carbonyl (C=O) groups excluding carboxylic acids is 4. The van der Waals surface area contributed by atoms with Gasteiger partial charge in [0.15, 0.2) is 5.78 Å². The number of nitrogens with one attached hydrogen (secondary N) is 1. The van der Waals surface area contributed by atoms with E-state index in [1.807, 2.05) is 36.4 Å². The van der Waals surface area contributed by atoms with Gasteiger partial charge in [0.25, 0.3) is 5.91 Å². The van der Waals surface area contributed by atoms with Gasteiger partial charge in [0.2, 0.25) is 5.78 Å². The predicted octanol–water partition coefficient (Wildman–Crippen LogP) is 5.14. The second-order valence-corrected chi connectivity index (χ2v) is 8.64. The molecule has 0 aliphatic carbocycles. The Balaban J connectivity index is 1.59. The van der Waals surface area contributed by atoms with Crippen molar-refractivity contribution in [2.24, 2.45) is 5.92 Å². The van der Waals surface area contributed by atoms with Crippen LogP contribution in [-0.2, 0) is 14.3 Å². The first kappa shape index (κ1) is 24.3. The summed E-state index contributed by atoms with van der Waals surface area (Å²) >= 11 is 0. The lowest BCUT2D eigenvalue weighted by atomic mass is 9.82. The molecule has 1 aliphatic heterocycles. The minimum Gasteiger partial charge on any atom is -0.453 e. The zero-order valence-electron chi connectivity index (χ0n) is 20.0. The fourth-order valence-electron chi connectivity index (χ4n) is 4.56. The summed E-state index contributed by atoms with van der Waals surface area (Å²) in [5.74, 6) is -5.17. The van der Waals surface area contributed by atoms with Crippen molar-refractivity contribution in [3.8, 4) is 17.2 Å². The molecule has 7 heteroatoms. The first-order valence-corrected chi connectivity index (χ1v) is 11.8. The van der Waals surface area contributed by atoms with Gasteiger partial charge in [0, 0.05) is 11.1 Å². The number of para-hydroxylation sites is 1. The van der Waals surface area contributed by atoms with E-state index in [2.05, 4.69) is 5.32 Å². The molecule has 4 aromatic rings. The number of anilines is 1. The third-order valence-electron chi connectivity index (χ3n) is 6.39. The number of amides is 1. The van der Waals surface area contributed by atoms with Gasteiger partial charge in [-0.25, -0.2) is 4.79 Å². The Labute approximate surface area is 218 Å². The second kappa shape index (κ2) is 10.3. The molecule has 1 amide bonds. The average molecular weight is 501 g/mol. The number of hydrogen-bond acceptors (Lipinski definition) is 6. The Morgan fingerprint density at radius 1 is 0.789 bits per heavy atom. The van der Waals surface area contributed by atoms with Crippen LogP contribution in [0.2, 0.25) is 0 Å². The Morgan fingerprint density at radius 2 is 1.42 bits per heavy atom. The second-order valence-electron chi connectivity index (χ2n) is 8.64. The molecule has 0 radical (unpaired) electrons. The maximum absolute atomic E-state index is 14.1. The molecule has 0 saturated carbocycles. The topological polar surface area (TPSA) is 113 Å². The molecule has 2 unspecified atom stereocenters. The van der Waals surface area contributed by atoms with Crippen molar-refractivity contribution in [1.82, 2.24) is 0 Å². The molecular formula is C31H20N2O5. The molecule has 4 aromatic carbocycles. The molecule has 0 bridgehead atoms. The van der Waals surface area contributed by atoms with Crippen molar-refractivity contribution in [2.45, 2.75) is 6.10 Å². The summed E-state index contributed by atoms with van der Waals surface area (Å²) in [7, 11) is 0. The van der Waals surface area contributed by atoms with Crippen molar-refractivity contribution in [3.05, 3.63) is 125 Å². The van der Waals surface area contributed by atoms with E-state index in [1.165, 1.54) is 12.1 Å². The van der Waals surface area contributed by atoms with Crippen molar-refractivity contribution in [1.29, 1.82) is 5.26 Å². The maximum atomic E-state index is 14.1. The van der Waals surface area contributed by atoms with E-state index in [0.29, 0.717) is 11.1 Å². The van der Waals surface area contributed by atoms with E-state index >= 15 is 0 Å². The number of nitrogens with zero attached hydrogens (tertiary/aromatic N) is 1. The van der Waals surface area contributed by atoms with Gasteiger partial charge in [0.1, 0.15) is 18.1 Å². The molecule has 38 heavy (non-hydrogen) atoms. The van der Waals surface area contributed by atoms with Gasteiger partial charge in [-0.15, -0.1) is 0 Å². The molecule has 1 aliphatic rings. The standard InChI is InChI=1S/C31H20N2O5/c32-18-20-12-4-9-17-25(20)33-30(36)28(35)26(29-23-15-7-8-16-24(23)31(37)38-29)27(34)22-14-6-5-13-21(22)19-10-2-1-3-11-19/h1-17,26,29H,(H,33,36). The highest BCUT2D eigenvalue weighted by molar-refractivity contribution is 6.45. The van der Waals surface area contributed by atoms with Crippen LogP contribution in [0.4, 0.5) is 5.69 Å². The van der Waals surface area contributed by atoms with E-state index in [0.717, 1.165) is 5.56 Å². The minimum absolute atomic E-state index is 0.132. The lowest BCUT2D eigenvalue weighted by molar-refractivity contribution is -0.138. The van der Waals surface area contributed by atoms with Crippen molar-refractivity contribution >= 4 is 29.1 Å². The van der Waals surface area contributed by atoms with Gasteiger partial charge in [0.05, 0.1) is 16.8 Å². The van der Waals surface area contributed by atoms with Crippen molar-refractivity contribution in [3.63, 3.8) is 0 Å².